The number of benzene rings is 1. The molecule has 1 aromatic carbocycles. The summed E-state index contributed by atoms with van der Waals surface area (Å²) in [7, 11) is 0. The second-order valence-electron chi connectivity index (χ2n) is 11.9. The molecule has 0 unspecified atom stereocenters. The third-order valence-corrected chi connectivity index (χ3v) is 8.18. The fourth-order valence-corrected chi connectivity index (χ4v) is 6.07. The van der Waals surface area contributed by atoms with Gasteiger partial charge in [-0.15, -0.1) is 11.3 Å². The van der Waals surface area contributed by atoms with E-state index >= 15 is 0 Å². The largest absolute Gasteiger partial charge is 0.460 e. The van der Waals surface area contributed by atoms with Gasteiger partial charge in [0.1, 0.15) is 5.60 Å². The molecule has 0 saturated heterocycles. The van der Waals surface area contributed by atoms with Crippen LogP contribution in [0.4, 0.5) is 5.13 Å². The minimum Gasteiger partial charge on any atom is -0.460 e. The fourth-order valence-electron chi connectivity index (χ4n) is 5.33. The Labute approximate surface area is 255 Å². The summed E-state index contributed by atoms with van der Waals surface area (Å²) in [4.78, 5) is 46.1. The van der Waals surface area contributed by atoms with Gasteiger partial charge in [0.25, 0.3) is 5.91 Å². The van der Waals surface area contributed by atoms with E-state index in [0.29, 0.717) is 23.0 Å². The average Bonchev–Trinajstić information content (AvgIpc) is 3.67. The molecule has 224 valence electrons. The molecule has 1 fully saturated rings. The zero-order valence-electron chi connectivity index (χ0n) is 24.7. The van der Waals surface area contributed by atoms with Gasteiger partial charge in [-0.2, -0.15) is 0 Å². The molecular formula is C33H37N5O4S. The molecule has 1 aliphatic carbocycles. The van der Waals surface area contributed by atoms with E-state index in [-0.39, 0.29) is 30.4 Å². The summed E-state index contributed by atoms with van der Waals surface area (Å²) in [5, 5.41) is 7.85. The monoisotopic (exact) mass is 599 g/mol. The van der Waals surface area contributed by atoms with Crippen LogP contribution in [0.3, 0.4) is 0 Å². The van der Waals surface area contributed by atoms with Crippen LogP contribution in [0.5, 0.6) is 0 Å². The lowest BCUT2D eigenvalue weighted by Crippen LogP contribution is -2.32. The minimum absolute atomic E-state index is 0.137. The summed E-state index contributed by atoms with van der Waals surface area (Å²) in [6.07, 6.45) is 11.5. The van der Waals surface area contributed by atoms with Gasteiger partial charge < -0.3 is 19.9 Å². The number of carbonyl (C=O) groups is 3. The van der Waals surface area contributed by atoms with Crippen LogP contribution in [0.1, 0.15) is 69.3 Å². The third kappa shape index (κ3) is 8.38. The van der Waals surface area contributed by atoms with Crippen molar-refractivity contribution in [2.75, 3.05) is 11.9 Å². The topological polar surface area (TPSA) is 115 Å². The third-order valence-electron chi connectivity index (χ3n) is 7.42. The predicted molar refractivity (Wildman–Crippen MR) is 168 cm³/mol. The number of nitrogens with one attached hydrogen (secondary N) is 2. The molecule has 0 spiro atoms. The van der Waals surface area contributed by atoms with Gasteiger partial charge in [0.2, 0.25) is 5.91 Å². The molecule has 4 aromatic rings. The number of esters is 1. The number of amides is 2. The molecule has 10 heteroatoms. The van der Waals surface area contributed by atoms with Crippen LogP contribution in [0.2, 0.25) is 0 Å². The molecule has 9 nitrogen and oxygen atoms in total. The number of nitrogens with zero attached hydrogens (tertiary/aromatic N) is 3. The van der Waals surface area contributed by atoms with E-state index in [9.17, 15) is 14.4 Å². The molecule has 3 aromatic heterocycles. The van der Waals surface area contributed by atoms with Gasteiger partial charge in [0, 0.05) is 48.2 Å². The van der Waals surface area contributed by atoms with Crippen LogP contribution in [0, 0.1) is 5.92 Å². The Morgan fingerprint density at radius 1 is 1.00 bits per heavy atom. The van der Waals surface area contributed by atoms with Crippen molar-refractivity contribution in [2.45, 2.75) is 64.5 Å². The van der Waals surface area contributed by atoms with Gasteiger partial charge in [-0.1, -0.05) is 18.2 Å². The highest BCUT2D eigenvalue weighted by Crippen LogP contribution is 2.35. The highest BCUT2D eigenvalue weighted by Gasteiger charge is 2.26. The Hall–Kier alpha value is -4.31. The Kier molecular flexibility index (Phi) is 9.35. The normalized spacial score (nSPS) is 16.8. The van der Waals surface area contributed by atoms with Gasteiger partial charge in [0.15, 0.2) is 5.13 Å². The number of pyridine rings is 1. The Morgan fingerprint density at radius 2 is 1.74 bits per heavy atom. The van der Waals surface area contributed by atoms with Gasteiger partial charge in [-0.3, -0.25) is 19.4 Å². The highest BCUT2D eigenvalue weighted by molar-refractivity contribution is 7.14. The van der Waals surface area contributed by atoms with Crippen molar-refractivity contribution in [1.82, 2.24) is 19.9 Å². The van der Waals surface area contributed by atoms with E-state index in [1.807, 2.05) is 68.9 Å². The Morgan fingerprint density at radius 3 is 2.49 bits per heavy atom. The first kappa shape index (κ1) is 30.2. The summed E-state index contributed by atoms with van der Waals surface area (Å²) < 4.78 is 7.54. The summed E-state index contributed by atoms with van der Waals surface area (Å²) in [5.74, 6) is -0.459. The van der Waals surface area contributed by atoms with E-state index in [0.717, 1.165) is 48.1 Å². The number of hydrogen-bond acceptors (Lipinski definition) is 7. The second-order valence-corrected chi connectivity index (χ2v) is 12.8. The smallest absolute Gasteiger partial charge is 0.306 e. The van der Waals surface area contributed by atoms with Crippen molar-refractivity contribution >= 4 is 34.3 Å². The number of hydrogen-bond donors (Lipinski definition) is 2. The quantitative estimate of drug-likeness (QED) is 0.212. The minimum atomic E-state index is -0.462. The van der Waals surface area contributed by atoms with Gasteiger partial charge in [0.05, 0.1) is 17.8 Å². The maximum absolute atomic E-state index is 12.8. The van der Waals surface area contributed by atoms with Gasteiger partial charge in [-0.05, 0) is 87.8 Å². The first-order valence-corrected chi connectivity index (χ1v) is 15.4. The molecule has 0 radical (unpaired) electrons. The van der Waals surface area contributed by atoms with E-state index in [2.05, 4.69) is 31.2 Å². The zero-order chi connectivity index (χ0) is 30.4. The van der Waals surface area contributed by atoms with Crippen LogP contribution >= 0.6 is 11.3 Å². The molecular weight excluding hydrogens is 562 g/mol. The zero-order valence-corrected chi connectivity index (χ0v) is 25.5. The molecule has 1 aliphatic rings. The van der Waals surface area contributed by atoms with Crippen molar-refractivity contribution < 1.29 is 19.1 Å². The number of ether oxygens (including phenoxy) is 1. The Bertz CT molecular complexity index is 1570. The molecule has 43 heavy (non-hydrogen) atoms. The lowest BCUT2D eigenvalue weighted by molar-refractivity contribution is -0.156. The summed E-state index contributed by atoms with van der Waals surface area (Å²) in [6, 6.07) is 14.0. The van der Waals surface area contributed by atoms with Crippen LogP contribution < -0.4 is 10.6 Å². The standard InChI is InChI=1S/C33H37N5O4S/c1-33(2,3)42-30(40)17-22-7-9-27(10-8-22)38-16-13-26(20-38)31(41)35-19-29(39)37-32-36-28(21-43-32)25-6-4-5-24(18-25)23-11-14-34-15-12-23/h4-6,11-16,18,20-22,27H,7-10,17,19H2,1-3H3,(H,35,41)(H,36,37,39). The first-order valence-electron chi connectivity index (χ1n) is 14.6. The molecule has 0 bridgehead atoms. The van der Waals surface area contributed by atoms with Crippen LogP contribution in [-0.2, 0) is 14.3 Å². The van der Waals surface area contributed by atoms with Crippen LogP contribution in [0.15, 0.2) is 72.6 Å². The molecule has 2 N–H and O–H groups in total. The van der Waals surface area contributed by atoms with Gasteiger partial charge >= 0.3 is 5.97 Å². The lowest BCUT2D eigenvalue weighted by atomic mass is 9.84. The second kappa shape index (κ2) is 13.3. The van der Waals surface area contributed by atoms with Crippen LogP contribution in [0.25, 0.3) is 22.4 Å². The summed E-state index contributed by atoms with van der Waals surface area (Å²) in [5.41, 5.74) is 3.88. The summed E-state index contributed by atoms with van der Waals surface area (Å²) >= 11 is 1.33. The maximum Gasteiger partial charge on any atom is 0.306 e. The molecule has 0 aliphatic heterocycles. The van der Waals surface area contributed by atoms with E-state index in [1.165, 1.54) is 11.3 Å². The molecule has 0 atom stereocenters. The van der Waals surface area contributed by atoms with Crippen molar-refractivity contribution in [3.63, 3.8) is 0 Å². The number of anilines is 1. The van der Waals surface area contributed by atoms with Crippen molar-refractivity contribution in [3.05, 3.63) is 78.2 Å². The van der Waals surface area contributed by atoms with Crippen molar-refractivity contribution in [2.24, 2.45) is 5.92 Å². The molecule has 3 heterocycles. The molecule has 2 amide bonds. The molecule has 1 saturated carbocycles. The number of aromatic nitrogens is 3. The lowest BCUT2D eigenvalue weighted by Gasteiger charge is -2.30. The van der Waals surface area contributed by atoms with Crippen molar-refractivity contribution in [1.29, 1.82) is 0 Å². The highest BCUT2D eigenvalue weighted by atomic mass is 32.1. The fraction of sp³-hybridized carbons (Fsp3) is 0.364. The van der Waals surface area contributed by atoms with Crippen LogP contribution in [-0.4, -0.2) is 44.5 Å². The average molecular weight is 600 g/mol. The number of carbonyl (C=O) groups excluding carboxylic acids is 3. The summed E-state index contributed by atoms with van der Waals surface area (Å²) in [6.45, 7) is 5.50. The van der Waals surface area contributed by atoms with E-state index in [1.54, 1.807) is 18.5 Å². The molecule has 5 rings (SSSR count). The SMILES string of the molecule is CC(C)(C)OC(=O)CC1CCC(n2ccc(C(=O)NCC(=O)Nc3nc(-c4cccc(-c5ccncc5)c4)cs3)c2)CC1. The number of rotatable bonds is 9. The Balaban J connectivity index is 1.08. The van der Waals surface area contributed by atoms with E-state index < -0.39 is 5.60 Å². The van der Waals surface area contributed by atoms with Gasteiger partial charge in [-0.25, -0.2) is 4.98 Å². The predicted octanol–water partition coefficient (Wildman–Crippen LogP) is 6.51. The number of thiazole rings is 1. The van der Waals surface area contributed by atoms with Crippen molar-refractivity contribution in [3.8, 4) is 22.4 Å². The van der Waals surface area contributed by atoms with E-state index in [4.69, 9.17) is 4.74 Å². The maximum atomic E-state index is 12.8. The first-order chi connectivity index (χ1) is 20.6.